The molecule has 1 aliphatic rings. The third kappa shape index (κ3) is 2.51. The maximum absolute atomic E-state index is 5.59. The van der Waals surface area contributed by atoms with Gasteiger partial charge in [-0.3, -0.25) is 0 Å². The molecule has 1 aromatic rings. The van der Waals surface area contributed by atoms with Crippen molar-refractivity contribution >= 4 is 5.69 Å². The summed E-state index contributed by atoms with van der Waals surface area (Å²) in [5.41, 5.74) is 3.90. The van der Waals surface area contributed by atoms with Gasteiger partial charge in [0.1, 0.15) is 0 Å². The summed E-state index contributed by atoms with van der Waals surface area (Å²) in [6.45, 7) is 6.15. The smallest absolute Gasteiger partial charge is 0.0748 e. The molecule has 0 radical (unpaired) electrons. The van der Waals surface area contributed by atoms with Crippen LogP contribution in [-0.4, -0.2) is 19.3 Å². The fourth-order valence-electron chi connectivity index (χ4n) is 2.11. The first-order valence-electron chi connectivity index (χ1n) is 5.69. The van der Waals surface area contributed by atoms with Gasteiger partial charge in [0.25, 0.3) is 0 Å². The van der Waals surface area contributed by atoms with Gasteiger partial charge >= 0.3 is 0 Å². The summed E-state index contributed by atoms with van der Waals surface area (Å²) >= 11 is 0. The number of aryl methyl sites for hydroxylation is 2. The topological polar surface area (TPSA) is 21.3 Å². The van der Waals surface area contributed by atoms with Gasteiger partial charge in [-0.25, -0.2) is 0 Å². The number of para-hydroxylation sites is 1. The first kappa shape index (κ1) is 10.5. The van der Waals surface area contributed by atoms with Crippen LogP contribution in [0.1, 0.15) is 24.0 Å². The molecule has 82 valence electrons. The third-order valence-electron chi connectivity index (χ3n) is 3.01. The fourth-order valence-corrected chi connectivity index (χ4v) is 2.11. The zero-order valence-corrected chi connectivity index (χ0v) is 9.55. The second-order valence-electron chi connectivity index (χ2n) is 4.28. The molecule has 1 unspecified atom stereocenters. The molecule has 1 heterocycles. The molecule has 0 aromatic heterocycles. The lowest BCUT2D eigenvalue weighted by Gasteiger charge is -2.15. The predicted octanol–water partition coefficient (Wildman–Crippen LogP) is 2.89. The van der Waals surface area contributed by atoms with Crippen LogP contribution in [0.4, 0.5) is 5.69 Å². The second kappa shape index (κ2) is 4.67. The van der Waals surface area contributed by atoms with Gasteiger partial charge in [-0.15, -0.1) is 0 Å². The average Bonchev–Trinajstić information content (AvgIpc) is 2.70. The van der Waals surface area contributed by atoms with Crippen LogP contribution in [-0.2, 0) is 4.74 Å². The molecule has 2 rings (SSSR count). The lowest BCUT2D eigenvalue weighted by atomic mass is 10.1. The molecule has 0 saturated carbocycles. The van der Waals surface area contributed by atoms with Crippen molar-refractivity contribution < 1.29 is 4.74 Å². The van der Waals surface area contributed by atoms with E-state index in [4.69, 9.17) is 4.74 Å². The number of anilines is 1. The highest BCUT2D eigenvalue weighted by Crippen LogP contribution is 2.20. The van der Waals surface area contributed by atoms with Crippen LogP contribution in [0.25, 0.3) is 0 Å². The monoisotopic (exact) mass is 205 g/mol. The Morgan fingerprint density at radius 3 is 2.67 bits per heavy atom. The molecule has 0 amide bonds. The second-order valence-corrected chi connectivity index (χ2v) is 4.28. The molecular formula is C13H19NO. The quantitative estimate of drug-likeness (QED) is 0.819. The summed E-state index contributed by atoms with van der Waals surface area (Å²) in [7, 11) is 0. The van der Waals surface area contributed by atoms with E-state index >= 15 is 0 Å². The maximum Gasteiger partial charge on any atom is 0.0748 e. The largest absolute Gasteiger partial charge is 0.382 e. The van der Waals surface area contributed by atoms with Gasteiger partial charge < -0.3 is 10.1 Å². The minimum atomic E-state index is 0.406. The molecule has 1 fully saturated rings. The normalized spacial score (nSPS) is 20.5. The molecule has 0 bridgehead atoms. The van der Waals surface area contributed by atoms with E-state index in [1.54, 1.807) is 0 Å². The maximum atomic E-state index is 5.59. The van der Waals surface area contributed by atoms with E-state index in [-0.39, 0.29) is 0 Å². The zero-order chi connectivity index (χ0) is 10.7. The van der Waals surface area contributed by atoms with Crippen molar-refractivity contribution in [3.63, 3.8) is 0 Å². The Kier molecular flexibility index (Phi) is 3.27. The van der Waals surface area contributed by atoms with Gasteiger partial charge in [-0.1, -0.05) is 18.2 Å². The van der Waals surface area contributed by atoms with Crippen molar-refractivity contribution in [2.45, 2.75) is 32.8 Å². The number of ether oxygens (including phenoxy) is 1. The van der Waals surface area contributed by atoms with Crippen molar-refractivity contribution in [1.29, 1.82) is 0 Å². The Hall–Kier alpha value is -1.02. The van der Waals surface area contributed by atoms with E-state index in [2.05, 4.69) is 37.4 Å². The highest BCUT2D eigenvalue weighted by atomic mass is 16.5. The van der Waals surface area contributed by atoms with Crippen LogP contribution >= 0.6 is 0 Å². The molecule has 15 heavy (non-hydrogen) atoms. The summed E-state index contributed by atoms with van der Waals surface area (Å²) in [6.07, 6.45) is 2.81. The minimum absolute atomic E-state index is 0.406. The van der Waals surface area contributed by atoms with Crippen molar-refractivity contribution in [3.05, 3.63) is 29.3 Å². The van der Waals surface area contributed by atoms with Crippen LogP contribution in [0.3, 0.4) is 0 Å². The van der Waals surface area contributed by atoms with Gasteiger partial charge in [0.05, 0.1) is 6.10 Å². The highest BCUT2D eigenvalue weighted by Gasteiger charge is 2.15. The predicted molar refractivity (Wildman–Crippen MR) is 63.4 cm³/mol. The van der Waals surface area contributed by atoms with E-state index < -0.39 is 0 Å². The van der Waals surface area contributed by atoms with Crippen molar-refractivity contribution in [3.8, 4) is 0 Å². The number of rotatable bonds is 3. The lowest BCUT2D eigenvalue weighted by Crippen LogP contribution is -2.19. The first-order chi connectivity index (χ1) is 7.27. The Morgan fingerprint density at radius 2 is 2.07 bits per heavy atom. The number of hydrogen-bond acceptors (Lipinski definition) is 2. The molecule has 2 heteroatoms. The van der Waals surface area contributed by atoms with Crippen LogP contribution < -0.4 is 5.32 Å². The Labute approximate surface area is 91.6 Å². The van der Waals surface area contributed by atoms with E-state index in [1.165, 1.54) is 29.7 Å². The Bertz CT molecular complexity index is 309. The van der Waals surface area contributed by atoms with Crippen LogP contribution in [0.5, 0.6) is 0 Å². The fraction of sp³-hybridized carbons (Fsp3) is 0.538. The van der Waals surface area contributed by atoms with Gasteiger partial charge in [0.2, 0.25) is 0 Å². The SMILES string of the molecule is Cc1cccc(C)c1NCC1CCCO1. The van der Waals surface area contributed by atoms with Gasteiger partial charge in [0, 0.05) is 18.8 Å². The summed E-state index contributed by atoms with van der Waals surface area (Å²) in [4.78, 5) is 0. The molecule has 1 N–H and O–H groups in total. The van der Waals surface area contributed by atoms with Crippen molar-refractivity contribution in [1.82, 2.24) is 0 Å². The molecule has 0 aliphatic carbocycles. The van der Waals surface area contributed by atoms with Crippen molar-refractivity contribution in [2.75, 3.05) is 18.5 Å². The van der Waals surface area contributed by atoms with Crippen LogP contribution in [0, 0.1) is 13.8 Å². The van der Waals surface area contributed by atoms with E-state index in [0.717, 1.165) is 13.2 Å². The van der Waals surface area contributed by atoms with Gasteiger partial charge in [-0.05, 0) is 37.8 Å². The van der Waals surface area contributed by atoms with E-state index in [1.807, 2.05) is 0 Å². The molecule has 0 spiro atoms. The molecule has 2 nitrogen and oxygen atoms in total. The number of nitrogens with one attached hydrogen (secondary N) is 1. The third-order valence-corrected chi connectivity index (χ3v) is 3.01. The highest BCUT2D eigenvalue weighted by molar-refractivity contribution is 5.56. The number of benzene rings is 1. The Balaban J connectivity index is 1.97. The summed E-state index contributed by atoms with van der Waals surface area (Å²) in [5.74, 6) is 0. The number of hydrogen-bond donors (Lipinski definition) is 1. The van der Waals surface area contributed by atoms with Crippen molar-refractivity contribution in [2.24, 2.45) is 0 Å². The molecule has 1 saturated heterocycles. The summed E-state index contributed by atoms with van der Waals surface area (Å²) < 4.78 is 5.59. The summed E-state index contributed by atoms with van der Waals surface area (Å²) in [5, 5.41) is 3.50. The molecular weight excluding hydrogens is 186 g/mol. The molecule has 1 atom stereocenters. The lowest BCUT2D eigenvalue weighted by molar-refractivity contribution is 0.120. The van der Waals surface area contributed by atoms with Gasteiger partial charge in [-0.2, -0.15) is 0 Å². The minimum Gasteiger partial charge on any atom is -0.382 e. The standard InChI is InChI=1S/C13H19NO/c1-10-5-3-6-11(2)13(10)14-9-12-7-4-8-15-12/h3,5-6,12,14H,4,7-9H2,1-2H3. The van der Waals surface area contributed by atoms with E-state index in [9.17, 15) is 0 Å². The first-order valence-corrected chi connectivity index (χ1v) is 5.69. The van der Waals surface area contributed by atoms with Crippen LogP contribution in [0.2, 0.25) is 0 Å². The zero-order valence-electron chi connectivity index (χ0n) is 9.55. The van der Waals surface area contributed by atoms with Crippen LogP contribution in [0.15, 0.2) is 18.2 Å². The Morgan fingerprint density at radius 1 is 1.33 bits per heavy atom. The van der Waals surface area contributed by atoms with E-state index in [0.29, 0.717) is 6.10 Å². The average molecular weight is 205 g/mol. The molecule has 1 aliphatic heterocycles. The molecule has 1 aromatic carbocycles. The van der Waals surface area contributed by atoms with Gasteiger partial charge in [0.15, 0.2) is 0 Å². The summed E-state index contributed by atoms with van der Waals surface area (Å²) in [6, 6.07) is 6.39.